The molecule has 1 aliphatic rings. The number of rotatable bonds is 5. The fourth-order valence-electron chi connectivity index (χ4n) is 2.96. The normalized spacial score (nSPS) is 15.6. The third-order valence-corrected chi connectivity index (χ3v) is 4.30. The molecule has 6 nitrogen and oxygen atoms in total. The molecule has 0 heterocycles. The number of benzene rings is 1. The van der Waals surface area contributed by atoms with Gasteiger partial charge in [0.05, 0.1) is 4.92 Å². The number of amides is 1. The van der Waals surface area contributed by atoms with E-state index in [1.54, 1.807) is 12.1 Å². The van der Waals surface area contributed by atoms with E-state index < -0.39 is 10.8 Å². The molecule has 0 unspecified atom stereocenters. The number of nitrogens with one attached hydrogen (secondary N) is 1. The summed E-state index contributed by atoms with van der Waals surface area (Å²) in [6.07, 6.45) is 7.17. The zero-order chi connectivity index (χ0) is 17.5. The van der Waals surface area contributed by atoms with Crippen LogP contribution in [-0.2, 0) is 11.2 Å². The summed E-state index contributed by atoms with van der Waals surface area (Å²) < 4.78 is 0. The molecule has 0 aromatic heterocycles. The smallest absolute Gasteiger partial charge is 0.273 e. The predicted octanol–water partition coefficient (Wildman–Crippen LogP) is 3.51. The molecule has 1 aromatic rings. The van der Waals surface area contributed by atoms with E-state index in [1.807, 2.05) is 13.0 Å². The Labute approximate surface area is 141 Å². The van der Waals surface area contributed by atoms with Crippen molar-refractivity contribution < 1.29 is 9.72 Å². The lowest BCUT2D eigenvalue weighted by atomic mass is 9.95. The lowest BCUT2D eigenvalue weighted by Crippen LogP contribution is -2.36. The van der Waals surface area contributed by atoms with Crippen LogP contribution in [0, 0.1) is 21.4 Å². The van der Waals surface area contributed by atoms with E-state index in [0.717, 1.165) is 25.7 Å². The van der Waals surface area contributed by atoms with Crippen molar-refractivity contribution in [2.75, 3.05) is 0 Å². The van der Waals surface area contributed by atoms with Gasteiger partial charge in [0.1, 0.15) is 11.6 Å². The van der Waals surface area contributed by atoms with Crippen molar-refractivity contribution in [1.82, 2.24) is 5.32 Å². The van der Waals surface area contributed by atoms with Gasteiger partial charge in [-0.3, -0.25) is 14.9 Å². The summed E-state index contributed by atoms with van der Waals surface area (Å²) in [5.41, 5.74) is 1.09. The first-order chi connectivity index (χ1) is 11.5. The van der Waals surface area contributed by atoms with Crippen LogP contribution in [0.25, 0.3) is 6.08 Å². The van der Waals surface area contributed by atoms with Gasteiger partial charge in [-0.2, -0.15) is 5.26 Å². The van der Waals surface area contributed by atoms with Crippen molar-refractivity contribution in [3.63, 3.8) is 0 Å². The topological polar surface area (TPSA) is 96.0 Å². The number of nitriles is 1. The molecule has 0 aliphatic heterocycles. The molecule has 0 atom stereocenters. The molecule has 1 aliphatic carbocycles. The lowest BCUT2D eigenvalue weighted by molar-refractivity contribution is -0.385. The highest BCUT2D eigenvalue weighted by Gasteiger charge is 2.19. The van der Waals surface area contributed by atoms with E-state index in [9.17, 15) is 20.2 Å². The van der Waals surface area contributed by atoms with Crippen molar-refractivity contribution in [1.29, 1.82) is 5.26 Å². The number of carbonyl (C=O) groups is 1. The Hall–Kier alpha value is -2.68. The maximum Gasteiger partial charge on any atom is 0.273 e. The SMILES string of the molecule is CCc1ccc(/C=C(\C#N)C(=O)NC2CCCCC2)cc1[N+](=O)[O-]. The van der Waals surface area contributed by atoms with Crippen molar-refractivity contribution in [3.05, 3.63) is 45.0 Å². The van der Waals surface area contributed by atoms with Crippen LogP contribution in [0.1, 0.15) is 50.2 Å². The van der Waals surface area contributed by atoms with Gasteiger partial charge in [-0.05, 0) is 30.9 Å². The third kappa shape index (κ3) is 4.42. The highest BCUT2D eigenvalue weighted by Crippen LogP contribution is 2.23. The summed E-state index contributed by atoms with van der Waals surface area (Å²) in [5.74, 6) is -0.411. The zero-order valence-electron chi connectivity index (χ0n) is 13.7. The predicted molar refractivity (Wildman–Crippen MR) is 91.1 cm³/mol. The quantitative estimate of drug-likeness (QED) is 0.387. The third-order valence-electron chi connectivity index (χ3n) is 4.30. The van der Waals surface area contributed by atoms with E-state index in [-0.39, 0.29) is 17.3 Å². The van der Waals surface area contributed by atoms with Crippen molar-refractivity contribution in [2.45, 2.75) is 51.5 Å². The van der Waals surface area contributed by atoms with Crippen LogP contribution in [0.15, 0.2) is 23.8 Å². The maximum atomic E-state index is 12.3. The first-order valence-electron chi connectivity index (χ1n) is 8.25. The van der Waals surface area contributed by atoms with Crippen LogP contribution in [0.3, 0.4) is 0 Å². The van der Waals surface area contributed by atoms with Gasteiger partial charge >= 0.3 is 0 Å². The molecule has 1 N–H and O–H groups in total. The molecule has 6 heteroatoms. The molecule has 1 fully saturated rings. The summed E-state index contributed by atoms with van der Waals surface area (Å²) >= 11 is 0. The van der Waals surface area contributed by atoms with E-state index in [1.165, 1.54) is 18.6 Å². The second-order valence-corrected chi connectivity index (χ2v) is 5.98. The van der Waals surface area contributed by atoms with E-state index in [0.29, 0.717) is 17.5 Å². The summed E-state index contributed by atoms with van der Waals surface area (Å²) in [5, 5.41) is 23.3. The van der Waals surface area contributed by atoms with Gasteiger partial charge < -0.3 is 5.32 Å². The zero-order valence-corrected chi connectivity index (χ0v) is 13.7. The van der Waals surface area contributed by atoms with E-state index >= 15 is 0 Å². The standard InChI is InChI=1S/C18H21N3O3/c1-2-14-9-8-13(11-17(14)21(23)24)10-15(12-19)18(22)20-16-6-4-3-5-7-16/h8-11,16H,2-7H2,1H3,(H,20,22)/b15-10+. The minimum Gasteiger partial charge on any atom is -0.349 e. The van der Waals surface area contributed by atoms with Gasteiger partial charge in [-0.25, -0.2) is 0 Å². The summed E-state index contributed by atoms with van der Waals surface area (Å²) in [7, 11) is 0. The number of hydrogen-bond donors (Lipinski definition) is 1. The number of aryl methyl sites for hydroxylation is 1. The first kappa shape index (κ1) is 17.7. The Morgan fingerprint density at radius 2 is 2.12 bits per heavy atom. The average Bonchev–Trinajstić information content (AvgIpc) is 2.60. The largest absolute Gasteiger partial charge is 0.349 e. The average molecular weight is 327 g/mol. The number of nitro benzene ring substituents is 1. The summed E-state index contributed by atoms with van der Waals surface area (Å²) in [4.78, 5) is 22.9. The number of hydrogen-bond acceptors (Lipinski definition) is 4. The van der Waals surface area contributed by atoms with E-state index in [4.69, 9.17) is 0 Å². The molecule has 1 aromatic carbocycles. The van der Waals surface area contributed by atoms with Gasteiger partial charge in [0.15, 0.2) is 0 Å². The fourth-order valence-corrected chi connectivity index (χ4v) is 2.96. The van der Waals surface area contributed by atoms with Gasteiger partial charge in [-0.1, -0.05) is 38.3 Å². The summed E-state index contributed by atoms with van der Waals surface area (Å²) in [6, 6.07) is 6.77. The van der Waals surface area contributed by atoms with Crippen LogP contribution in [0.2, 0.25) is 0 Å². The second-order valence-electron chi connectivity index (χ2n) is 5.98. The fraction of sp³-hybridized carbons (Fsp3) is 0.444. The van der Waals surface area contributed by atoms with Gasteiger partial charge in [-0.15, -0.1) is 0 Å². The molecular weight excluding hydrogens is 306 g/mol. The van der Waals surface area contributed by atoms with Crippen LogP contribution in [0.4, 0.5) is 5.69 Å². The van der Waals surface area contributed by atoms with Crippen molar-refractivity contribution in [2.24, 2.45) is 0 Å². The Balaban J connectivity index is 2.20. The molecular formula is C18H21N3O3. The molecule has 0 spiro atoms. The molecule has 126 valence electrons. The molecule has 24 heavy (non-hydrogen) atoms. The Kier molecular flexibility index (Phi) is 6.07. The minimum absolute atomic E-state index is 0.0104. The highest BCUT2D eigenvalue weighted by molar-refractivity contribution is 6.01. The van der Waals surface area contributed by atoms with Gasteiger partial charge in [0, 0.05) is 17.7 Å². The Bertz CT molecular complexity index is 698. The monoisotopic (exact) mass is 327 g/mol. The van der Waals surface area contributed by atoms with Crippen LogP contribution < -0.4 is 5.32 Å². The Morgan fingerprint density at radius 1 is 1.42 bits per heavy atom. The van der Waals surface area contributed by atoms with Crippen LogP contribution in [0.5, 0.6) is 0 Å². The van der Waals surface area contributed by atoms with Crippen LogP contribution in [-0.4, -0.2) is 16.9 Å². The van der Waals surface area contributed by atoms with Gasteiger partial charge in [0.25, 0.3) is 11.6 Å². The maximum absolute atomic E-state index is 12.3. The van der Waals surface area contributed by atoms with Crippen molar-refractivity contribution >= 4 is 17.7 Å². The number of carbonyl (C=O) groups excluding carboxylic acids is 1. The van der Waals surface area contributed by atoms with Crippen molar-refractivity contribution in [3.8, 4) is 6.07 Å². The van der Waals surface area contributed by atoms with Crippen LogP contribution >= 0.6 is 0 Å². The first-order valence-corrected chi connectivity index (χ1v) is 8.25. The molecule has 1 amide bonds. The molecule has 0 bridgehead atoms. The molecule has 0 radical (unpaired) electrons. The summed E-state index contributed by atoms with van der Waals surface area (Å²) in [6.45, 7) is 1.84. The highest BCUT2D eigenvalue weighted by atomic mass is 16.6. The van der Waals surface area contributed by atoms with Gasteiger partial charge in [0.2, 0.25) is 0 Å². The molecule has 2 rings (SSSR count). The number of nitrogens with zero attached hydrogens (tertiary/aromatic N) is 2. The molecule has 0 saturated heterocycles. The second kappa shape index (κ2) is 8.25. The number of nitro groups is 1. The van der Waals surface area contributed by atoms with E-state index in [2.05, 4.69) is 5.32 Å². The Morgan fingerprint density at radius 3 is 2.71 bits per heavy atom. The lowest BCUT2D eigenvalue weighted by Gasteiger charge is -2.22. The minimum atomic E-state index is -0.440. The molecule has 1 saturated carbocycles.